The van der Waals surface area contributed by atoms with Gasteiger partial charge in [0.15, 0.2) is 0 Å². The fourth-order valence-electron chi connectivity index (χ4n) is 2.27. The molecule has 1 aromatic carbocycles. The second kappa shape index (κ2) is 4.72. The number of rotatable bonds is 2. The molecule has 1 aliphatic heterocycles. The van der Waals surface area contributed by atoms with Gasteiger partial charge < -0.3 is 4.74 Å². The van der Waals surface area contributed by atoms with E-state index in [1.165, 1.54) is 5.69 Å². The molecule has 17 heavy (non-hydrogen) atoms. The van der Waals surface area contributed by atoms with Crippen LogP contribution in [0.1, 0.15) is 24.5 Å². The molecule has 0 aliphatic carbocycles. The summed E-state index contributed by atoms with van der Waals surface area (Å²) in [7, 11) is 0. The van der Waals surface area contributed by atoms with Gasteiger partial charge in [0, 0.05) is 25.3 Å². The van der Waals surface area contributed by atoms with Crippen molar-refractivity contribution in [3.05, 3.63) is 48.3 Å². The molecule has 0 unspecified atom stereocenters. The maximum absolute atomic E-state index is 5.38. The fourth-order valence-corrected chi connectivity index (χ4v) is 2.27. The lowest BCUT2D eigenvalue weighted by Crippen LogP contribution is -2.14. The van der Waals surface area contributed by atoms with E-state index in [1.807, 2.05) is 29.1 Å². The van der Waals surface area contributed by atoms with E-state index in [4.69, 9.17) is 4.74 Å². The van der Waals surface area contributed by atoms with Crippen molar-refractivity contribution in [3.8, 4) is 5.69 Å². The van der Waals surface area contributed by atoms with Crippen LogP contribution in [0.25, 0.3) is 5.69 Å². The van der Waals surface area contributed by atoms with Crippen LogP contribution in [-0.4, -0.2) is 23.0 Å². The van der Waals surface area contributed by atoms with E-state index in [2.05, 4.69) is 23.3 Å². The third kappa shape index (κ3) is 2.24. The van der Waals surface area contributed by atoms with Crippen molar-refractivity contribution in [2.45, 2.75) is 18.8 Å². The number of benzene rings is 1. The molecule has 0 radical (unpaired) electrons. The Hall–Kier alpha value is -1.61. The van der Waals surface area contributed by atoms with Crippen molar-refractivity contribution in [1.82, 2.24) is 9.78 Å². The van der Waals surface area contributed by atoms with E-state index >= 15 is 0 Å². The van der Waals surface area contributed by atoms with E-state index in [-0.39, 0.29) is 0 Å². The number of para-hydroxylation sites is 1. The predicted octanol–water partition coefficient (Wildman–Crippen LogP) is 2.77. The molecule has 0 atom stereocenters. The Bertz CT molecular complexity index is 472. The van der Waals surface area contributed by atoms with Gasteiger partial charge in [-0.15, -0.1) is 0 Å². The van der Waals surface area contributed by atoms with Crippen molar-refractivity contribution < 1.29 is 4.74 Å². The SMILES string of the molecule is c1ccc(-n2ccc(C3CCOCC3)n2)cc1. The summed E-state index contributed by atoms with van der Waals surface area (Å²) in [6.07, 6.45) is 4.22. The van der Waals surface area contributed by atoms with Crippen LogP contribution < -0.4 is 0 Å². The highest BCUT2D eigenvalue weighted by Crippen LogP contribution is 2.25. The van der Waals surface area contributed by atoms with Gasteiger partial charge in [-0.3, -0.25) is 0 Å². The van der Waals surface area contributed by atoms with Crippen LogP contribution in [-0.2, 0) is 4.74 Å². The molecule has 0 amide bonds. The normalized spacial score (nSPS) is 17.2. The van der Waals surface area contributed by atoms with Gasteiger partial charge in [0.05, 0.1) is 11.4 Å². The maximum atomic E-state index is 5.38. The second-order valence-electron chi connectivity index (χ2n) is 4.41. The van der Waals surface area contributed by atoms with Crippen LogP contribution in [0.2, 0.25) is 0 Å². The van der Waals surface area contributed by atoms with Crippen molar-refractivity contribution >= 4 is 0 Å². The molecule has 1 aliphatic rings. The number of hydrogen-bond acceptors (Lipinski definition) is 2. The third-order valence-electron chi connectivity index (χ3n) is 3.27. The molecule has 0 saturated carbocycles. The molecular formula is C14H16N2O. The number of aromatic nitrogens is 2. The summed E-state index contributed by atoms with van der Waals surface area (Å²) in [5.74, 6) is 0.564. The third-order valence-corrected chi connectivity index (χ3v) is 3.27. The average molecular weight is 228 g/mol. The average Bonchev–Trinajstić information content (AvgIpc) is 2.90. The van der Waals surface area contributed by atoms with Crippen molar-refractivity contribution in [1.29, 1.82) is 0 Å². The Morgan fingerprint density at radius 3 is 2.59 bits per heavy atom. The van der Waals surface area contributed by atoms with E-state index < -0.39 is 0 Å². The molecule has 1 aromatic heterocycles. The highest BCUT2D eigenvalue weighted by atomic mass is 16.5. The largest absolute Gasteiger partial charge is 0.381 e. The summed E-state index contributed by atoms with van der Waals surface area (Å²) in [4.78, 5) is 0. The molecule has 88 valence electrons. The summed E-state index contributed by atoms with van der Waals surface area (Å²) in [5, 5.41) is 4.67. The number of hydrogen-bond donors (Lipinski definition) is 0. The molecule has 3 nitrogen and oxygen atoms in total. The molecule has 3 rings (SSSR count). The molecule has 0 bridgehead atoms. The van der Waals surface area contributed by atoms with Gasteiger partial charge in [0.2, 0.25) is 0 Å². The number of nitrogens with zero attached hydrogens (tertiary/aromatic N) is 2. The molecule has 0 spiro atoms. The lowest BCUT2D eigenvalue weighted by Gasteiger charge is -2.19. The van der Waals surface area contributed by atoms with Gasteiger partial charge in [0.25, 0.3) is 0 Å². The minimum atomic E-state index is 0.564. The highest BCUT2D eigenvalue weighted by Gasteiger charge is 2.18. The Morgan fingerprint density at radius 1 is 1.06 bits per heavy atom. The topological polar surface area (TPSA) is 27.1 Å². The monoisotopic (exact) mass is 228 g/mol. The van der Waals surface area contributed by atoms with Crippen LogP contribution in [0.3, 0.4) is 0 Å². The first-order valence-electron chi connectivity index (χ1n) is 6.12. The summed E-state index contributed by atoms with van der Waals surface area (Å²) in [6, 6.07) is 12.4. The zero-order valence-electron chi connectivity index (χ0n) is 9.75. The van der Waals surface area contributed by atoms with E-state index in [0.717, 1.165) is 31.7 Å². The van der Waals surface area contributed by atoms with Crippen molar-refractivity contribution in [2.75, 3.05) is 13.2 Å². The summed E-state index contributed by atoms with van der Waals surface area (Å²) < 4.78 is 7.33. The zero-order valence-corrected chi connectivity index (χ0v) is 9.75. The summed E-state index contributed by atoms with van der Waals surface area (Å²) in [5.41, 5.74) is 2.31. The van der Waals surface area contributed by atoms with Gasteiger partial charge >= 0.3 is 0 Å². The lowest BCUT2D eigenvalue weighted by atomic mass is 9.97. The molecule has 2 aromatic rings. The molecule has 1 saturated heterocycles. The minimum absolute atomic E-state index is 0.564. The molecule has 3 heteroatoms. The Kier molecular flexibility index (Phi) is 2.92. The fraction of sp³-hybridized carbons (Fsp3) is 0.357. The van der Waals surface area contributed by atoms with Crippen LogP contribution >= 0.6 is 0 Å². The van der Waals surface area contributed by atoms with E-state index in [0.29, 0.717) is 5.92 Å². The Labute approximate surface area is 101 Å². The van der Waals surface area contributed by atoms with Crippen LogP contribution in [0.15, 0.2) is 42.6 Å². The maximum Gasteiger partial charge on any atom is 0.0661 e. The van der Waals surface area contributed by atoms with Gasteiger partial charge in [-0.2, -0.15) is 5.10 Å². The summed E-state index contributed by atoms with van der Waals surface area (Å²) in [6.45, 7) is 1.73. The van der Waals surface area contributed by atoms with Crippen LogP contribution in [0, 0.1) is 0 Å². The van der Waals surface area contributed by atoms with Gasteiger partial charge in [-0.1, -0.05) is 18.2 Å². The molecule has 2 heterocycles. The summed E-state index contributed by atoms with van der Waals surface area (Å²) >= 11 is 0. The molecule has 0 N–H and O–H groups in total. The Balaban J connectivity index is 1.83. The quantitative estimate of drug-likeness (QED) is 0.790. The molecular weight excluding hydrogens is 212 g/mol. The van der Waals surface area contributed by atoms with Crippen molar-refractivity contribution in [3.63, 3.8) is 0 Å². The number of ether oxygens (including phenoxy) is 1. The zero-order chi connectivity index (χ0) is 11.5. The molecule has 1 fully saturated rings. The van der Waals surface area contributed by atoms with E-state index in [1.54, 1.807) is 0 Å². The Morgan fingerprint density at radius 2 is 1.82 bits per heavy atom. The standard InChI is InChI=1S/C14H16N2O/c1-2-4-13(5-3-1)16-9-6-14(15-16)12-7-10-17-11-8-12/h1-6,9,12H,7-8,10-11H2. The first-order valence-corrected chi connectivity index (χ1v) is 6.12. The van der Waals surface area contributed by atoms with Gasteiger partial charge in [-0.05, 0) is 31.0 Å². The second-order valence-corrected chi connectivity index (χ2v) is 4.41. The van der Waals surface area contributed by atoms with E-state index in [9.17, 15) is 0 Å². The lowest BCUT2D eigenvalue weighted by molar-refractivity contribution is 0.0844. The van der Waals surface area contributed by atoms with Crippen LogP contribution in [0.5, 0.6) is 0 Å². The smallest absolute Gasteiger partial charge is 0.0661 e. The minimum Gasteiger partial charge on any atom is -0.381 e. The van der Waals surface area contributed by atoms with Crippen LogP contribution in [0.4, 0.5) is 0 Å². The first kappa shape index (κ1) is 10.5. The van der Waals surface area contributed by atoms with Gasteiger partial charge in [-0.25, -0.2) is 4.68 Å². The van der Waals surface area contributed by atoms with Gasteiger partial charge in [0.1, 0.15) is 0 Å². The van der Waals surface area contributed by atoms with Crippen molar-refractivity contribution in [2.24, 2.45) is 0 Å². The highest BCUT2D eigenvalue weighted by molar-refractivity contribution is 5.30. The predicted molar refractivity (Wildman–Crippen MR) is 66.4 cm³/mol. The first-order chi connectivity index (χ1) is 8.43.